The molecule has 5 nitrogen and oxygen atoms in total. The lowest BCUT2D eigenvalue weighted by Gasteiger charge is -2.35. The minimum absolute atomic E-state index is 0.0241. The molecule has 0 unspecified atom stereocenters. The van der Waals surface area contributed by atoms with E-state index in [2.05, 4.69) is 14.9 Å². The molecular formula is C19H21ClF2N4O. The van der Waals surface area contributed by atoms with Crippen LogP contribution in [-0.4, -0.2) is 47.0 Å². The number of carbonyl (C=O) groups is 1. The zero-order valence-corrected chi connectivity index (χ0v) is 16.2. The Hall–Kier alpha value is -2.28. The SMILES string of the molecule is Cc1cc(N2CCN(C(=O)c3cc(F)c(F)cc3Cl)CC2)nc(C(C)C)n1. The number of benzene rings is 1. The molecule has 8 heteroatoms. The van der Waals surface area contributed by atoms with Crippen molar-refractivity contribution in [2.75, 3.05) is 31.1 Å². The molecule has 1 fully saturated rings. The molecule has 1 aromatic heterocycles. The monoisotopic (exact) mass is 394 g/mol. The fraction of sp³-hybridized carbons (Fsp3) is 0.421. The van der Waals surface area contributed by atoms with Crippen molar-refractivity contribution in [1.82, 2.24) is 14.9 Å². The lowest BCUT2D eigenvalue weighted by atomic mass is 10.1. The number of aromatic nitrogens is 2. The average Bonchev–Trinajstić information content (AvgIpc) is 2.63. The largest absolute Gasteiger partial charge is 0.353 e. The Labute approximate surface area is 162 Å². The van der Waals surface area contributed by atoms with Gasteiger partial charge in [-0.15, -0.1) is 0 Å². The third kappa shape index (κ3) is 4.18. The summed E-state index contributed by atoms with van der Waals surface area (Å²) < 4.78 is 26.7. The van der Waals surface area contributed by atoms with Crippen LogP contribution in [0.15, 0.2) is 18.2 Å². The third-order valence-corrected chi connectivity index (χ3v) is 4.82. The van der Waals surface area contributed by atoms with Gasteiger partial charge in [-0.05, 0) is 19.1 Å². The third-order valence-electron chi connectivity index (χ3n) is 4.51. The summed E-state index contributed by atoms with van der Waals surface area (Å²) >= 11 is 5.92. The zero-order valence-electron chi connectivity index (χ0n) is 15.5. The number of amides is 1. The first kappa shape index (κ1) is 19.5. The van der Waals surface area contributed by atoms with Gasteiger partial charge in [0.25, 0.3) is 5.91 Å². The van der Waals surface area contributed by atoms with Gasteiger partial charge in [0.05, 0.1) is 10.6 Å². The average molecular weight is 395 g/mol. The molecule has 0 N–H and O–H groups in total. The molecule has 2 heterocycles. The highest BCUT2D eigenvalue weighted by Crippen LogP contribution is 2.23. The molecule has 0 radical (unpaired) electrons. The second-order valence-corrected chi connectivity index (χ2v) is 7.31. The van der Waals surface area contributed by atoms with E-state index in [1.807, 2.05) is 26.8 Å². The second-order valence-electron chi connectivity index (χ2n) is 6.91. The highest BCUT2D eigenvalue weighted by atomic mass is 35.5. The van der Waals surface area contributed by atoms with Gasteiger partial charge in [-0.1, -0.05) is 25.4 Å². The van der Waals surface area contributed by atoms with Gasteiger partial charge in [0.15, 0.2) is 11.6 Å². The summed E-state index contributed by atoms with van der Waals surface area (Å²) in [5.74, 6) is -0.705. The Morgan fingerprint density at radius 2 is 1.70 bits per heavy atom. The molecule has 0 saturated carbocycles. The van der Waals surface area contributed by atoms with E-state index in [4.69, 9.17) is 11.6 Å². The molecule has 1 saturated heterocycles. The van der Waals surface area contributed by atoms with Crippen LogP contribution < -0.4 is 4.90 Å². The standard InChI is InChI=1S/C19H21ClF2N4O/c1-11(2)18-23-12(3)8-17(24-18)25-4-6-26(7-5-25)19(27)13-9-15(21)16(22)10-14(13)20/h8-11H,4-7H2,1-3H3. The van der Waals surface area contributed by atoms with E-state index in [1.165, 1.54) is 0 Å². The van der Waals surface area contributed by atoms with Crippen LogP contribution in [-0.2, 0) is 0 Å². The summed E-state index contributed by atoms with van der Waals surface area (Å²) in [5, 5.41) is -0.0886. The number of hydrogen-bond donors (Lipinski definition) is 0. The maximum Gasteiger partial charge on any atom is 0.255 e. The van der Waals surface area contributed by atoms with E-state index in [0.29, 0.717) is 26.2 Å². The van der Waals surface area contributed by atoms with Gasteiger partial charge in [0.1, 0.15) is 11.6 Å². The van der Waals surface area contributed by atoms with Crippen molar-refractivity contribution >= 4 is 23.3 Å². The minimum atomic E-state index is -1.08. The molecule has 1 aromatic carbocycles. The van der Waals surface area contributed by atoms with Crippen LogP contribution in [0.4, 0.5) is 14.6 Å². The summed E-state index contributed by atoms with van der Waals surface area (Å²) in [6.45, 7) is 8.06. The first-order valence-corrected chi connectivity index (χ1v) is 9.18. The van der Waals surface area contributed by atoms with Crippen molar-refractivity contribution in [2.45, 2.75) is 26.7 Å². The van der Waals surface area contributed by atoms with Gasteiger partial charge < -0.3 is 9.80 Å². The smallest absolute Gasteiger partial charge is 0.255 e. The molecule has 1 amide bonds. The van der Waals surface area contributed by atoms with Crippen molar-refractivity contribution in [3.8, 4) is 0 Å². The summed E-state index contributed by atoms with van der Waals surface area (Å²) in [6.07, 6.45) is 0. The van der Waals surface area contributed by atoms with Crippen LogP contribution in [0.3, 0.4) is 0 Å². The summed E-state index contributed by atoms with van der Waals surface area (Å²) in [4.78, 5) is 25.4. The van der Waals surface area contributed by atoms with Gasteiger partial charge >= 0.3 is 0 Å². The first-order valence-electron chi connectivity index (χ1n) is 8.80. The molecule has 0 atom stereocenters. The molecular weight excluding hydrogens is 374 g/mol. The van der Waals surface area contributed by atoms with Crippen LogP contribution >= 0.6 is 11.6 Å². The van der Waals surface area contributed by atoms with E-state index in [0.717, 1.165) is 29.5 Å². The Kier molecular flexibility index (Phi) is 5.60. The highest BCUT2D eigenvalue weighted by Gasteiger charge is 2.26. The number of aryl methyl sites for hydroxylation is 1. The number of anilines is 1. The molecule has 27 heavy (non-hydrogen) atoms. The van der Waals surface area contributed by atoms with E-state index in [1.54, 1.807) is 4.90 Å². The number of hydrogen-bond acceptors (Lipinski definition) is 4. The van der Waals surface area contributed by atoms with E-state index >= 15 is 0 Å². The predicted molar refractivity (Wildman–Crippen MR) is 100 cm³/mol. The maximum atomic E-state index is 13.5. The summed E-state index contributed by atoms with van der Waals surface area (Å²) in [6, 6.07) is 3.61. The quantitative estimate of drug-likeness (QED) is 0.743. The minimum Gasteiger partial charge on any atom is -0.353 e. The summed E-state index contributed by atoms with van der Waals surface area (Å²) in [5.41, 5.74) is 0.875. The predicted octanol–water partition coefficient (Wildman–Crippen LogP) is 3.80. The lowest BCUT2D eigenvalue weighted by molar-refractivity contribution is 0.0746. The Morgan fingerprint density at radius 1 is 1.07 bits per heavy atom. The Morgan fingerprint density at radius 3 is 2.33 bits per heavy atom. The molecule has 144 valence electrons. The molecule has 1 aliphatic rings. The zero-order chi connectivity index (χ0) is 19.7. The number of rotatable bonds is 3. The number of piperazine rings is 1. The normalized spacial score (nSPS) is 14.8. The van der Waals surface area contributed by atoms with Crippen LogP contribution in [0.25, 0.3) is 0 Å². The molecule has 1 aliphatic heterocycles. The molecule has 2 aromatic rings. The van der Waals surface area contributed by atoms with Gasteiger partial charge in [-0.2, -0.15) is 0 Å². The second kappa shape index (κ2) is 7.76. The van der Waals surface area contributed by atoms with Crippen molar-refractivity contribution in [1.29, 1.82) is 0 Å². The van der Waals surface area contributed by atoms with Crippen LogP contribution in [0.5, 0.6) is 0 Å². The van der Waals surface area contributed by atoms with E-state index in [-0.39, 0.29) is 16.5 Å². The van der Waals surface area contributed by atoms with Crippen LogP contribution in [0.2, 0.25) is 5.02 Å². The van der Waals surface area contributed by atoms with Crippen molar-refractivity contribution in [2.24, 2.45) is 0 Å². The maximum absolute atomic E-state index is 13.5. The first-order chi connectivity index (χ1) is 12.8. The molecule has 3 rings (SSSR count). The van der Waals surface area contributed by atoms with Gasteiger partial charge in [-0.25, -0.2) is 18.7 Å². The van der Waals surface area contributed by atoms with E-state index in [9.17, 15) is 13.6 Å². The van der Waals surface area contributed by atoms with Crippen LogP contribution in [0, 0.1) is 18.6 Å². The Balaban J connectivity index is 1.72. The lowest BCUT2D eigenvalue weighted by Crippen LogP contribution is -2.49. The topological polar surface area (TPSA) is 49.3 Å². The van der Waals surface area contributed by atoms with Gasteiger partial charge in [0, 0.05) is 43.9 Å². The van der Waals surface area contributed by atoms with Gasteiger partial charge in [-0.3, -0.25) is 4.79 Å². The van der Waals surface area contributed by atoms with Crippen LogP contribution in [0.1, 0.15) is 41.6 Å². The van der Waals surface area contributed by atoms with Gasteiger partial charge in [0.2, 0.25) is 0 Å². The fourth-order valence-electron chi connectivity index (χ4n) is 2.99. The molecule has 0 spiro atoms. The molecule has 0 aliphatic carbocycles. The Bertz CT molecular complexity index is 867. The van der Waals surface area contributed by atoms with Crippen molar-refractivity contribution in [3.05, 3.63) is 51.9 Å². The van der Waals surface area contributed by atoms with Crippen molar-refractivity contribution in [3.63, 3.8) is 0 Å². The van der Waals surface area contributed by atoms with Crippen molar-refractivity contribution < 1.29 is 13.6 Å². The number of carbonyl (C=O) groups excluding carboxylic acids is 1. The number of nitrogens with zero attached hydrogens (tertiary/aromatic N) is 4. The van der Waals surface area contributed by atoms with E-state index < -0.39 is 17.5 Å². The fourth-order valence-corrected chi connectivity index (χ4v) is 3.22. The highest BCUT2D eigenvalue weighted by molar-refractivity contribution is 6.33. The number of halogens is 3. The molecule has 0 bridgehead atoms. The summed E-state index contributed by atoms with van der Waals surface area (Å²) in [7, 11) is 0.